The van der Waals surface area contributed by atoms with Crippen molar-refractivity contribution in [2.24, 2.45) is 11.8 Å². The summed E-state index contributed by atoms with van der Waals surface area (Å²) in [7, 11) is 0. The molecule has 0 aromatic carbocycles. The molecule has 2 atom stereocenters. The Kier molecular flexibility index (Phi) is 7.83. The van der Waals surface area contributed by atoms with Crippen LogP contribution in [0.25, 0.3) is 0 Å². The number of rotatable bonds is 8. The molecular weight excluding hydrogens is 172 g/mol. The molecule has 1 heteroatoms. The van der Waals surface area contributed by atoms with Crippen LogP contribution >= 0.6 is 0 Å². The second-order valence-electron chi connectivity index (χ2n) is 4.40. The van der Waals surface area contributed by atoms with E-state index in [0.717, 1.165) is 19.3 Å². The molecule has 0 N–H and O–H groups in total. The summed E-state index contributed by atoms with van der Waals surface area (Å²) in [4.78, 5) is 11.7. The number of unbranched alkanes of at least 4 members (excludes halogenated alkanes) is 1. The van der Waals surface area contributed by atoms with E-state index in [0.29, 0.717) is 11.7 Å². The minimum atomic E-state index is 0.269. The number of carbonyl (C=O) groups excluding carboxylic acids is 1. The van der Waals surface area contributed by atoms with Gasteiger partial charge in [0.1, 0.15) is 5.78 Å². The molecule has 0 spiro atoms. The van der Waals surface area contributed by atoms with Crippen molar-refractivity contribution in [1.82, 2.24) is 0 Å². The quantitative estimate of drug-likeness (QED) is 0.571. The van der Waals surface area contributed by atoms with Crippen LogP contribution in [0, 0.1) is 11.8 Å². The lowest BCUT2D eigenvalue weighted by Gasteiger charge is -2.15. The Morgan fingerprint density at radius 1 is 1.14 bits per heavy atom. The van der Waals surface area contributed by atoms with Gasteiger partial charge in [-0.15, -0.1) is 0 Å². The fourth-order valence-corrected chi connectivity index (χ4v) is 1.66. The van der Waals surface area contributed by atoms with Gasteiger partial charge in [-0.3, -0.25) is 4.79 Å². The van der Waals surface area contributed by atoms with Gasteiger partial charge in [-0.1, -0.05) is 53.4 Å². The number of Topliss-reactive ketones (excluding diaryl/α,β-unsaturated/α-hetero) is 1. The molecule has 0 amide bonds. The van der Waals surface area contributed by atoms with Crippen LogP contribution in [0.3, 0.4) is 0 Å². The molecule has 0 rings (SSSR count). The first-order chi connectivity index (χ1) is 6.65. The van der Waals surface area contributed by atoms with Crippen molar-refractivity contribution in [2.75, 3.05) is 0 Å². The monoisotopic (exact) mass is 198 g/mol. The maximum atomic E-state index is 11.7. The second kappa shape index (κ2) is 8.02. The fourth-order valence-electron chi connectivity index (χ4n) is 1.66. The lowest BCUT2D eigenvalue weighted by molar-refractivity contribution is -0.123. The lowest BCUT2D eigenvalue weighted by Crippen LogP contribution is -2.14. The van der Waals surface area contributed by atoms with Crippen LogP contribution in [-0.4, -0.2) is 5.78 Å². The highest BCUT2D eigenvalue weighted by Gasteiger charge is 2.15. The summed E-state index contributed by atoms with van der Waals surface area (Å²) < 4.78 is 0. The molecule has 1 nitrogen and oxygen atoms in total. The third-order valence-electron chi connectivity index (χ3n) is 3.20. The van der Waals surface area contributed by atoms with Gasteiger partial charge in [0.15, 0.2) is 0 Å². The van der Waals surface area contributed by atoms with Crippen LogP contribution < -0.4 is 0 Å². The summed E-state index contributed by atoms with van der Waals surface area (Å²) in [6.07, 6.45) is 6.70. The van der Waals surface area contributed by atoms with Crippen molar-refractivity contribution in [3.8, 4) is 0 Å². The predicted octanol–water partition coefficient (Wildman–Crippen LogP) is 4.21. The molecule has 0 aromatic heterocycles. The van der Waals surface area contributed by atoms with E-state index in [4.69, 9.17) is 0 Å². The van der Waals surface area contributed by atoms with Gasteiger partial charge in [-0.25, -0.2) is 0 Å². The predicted molar refractivity (Wildman–Crippen MR) is 62.4 cm³/mol. The summed E-state index contributed by atoms with van der Waals surface area (Å²) in [6, 6.07) is 0. The zero-order valence-corrected chi connectivity index (χ0v) is 10.3. The largest absolute Gasteiger partial charge is 0.299 e. The zero-order chi connectivity index (χ0) is 11.0. The first kappa shape index (κ1) is 13.7. The highest BCUT2D eigenvalue weighted by atomic mass is 16.1. The van der Waals surface area contributed by atoms with Gasteiger partial charge in [-0.2, -0.15) is 0 Å². The van der Waals surface area contributed by atoms with Gasteiger partial charge >= 0.3 is 0 Å². The Morgan fingerprint density at radius 2 is 1.79 bits per heavy atom. The maximum absolute atomic E-state index is 11.7. The van der Waals surface area contributed by atoms with E-state index in [9.17, 15) is 4.79 Å². The van der Waals surface area contributed by atoms with Gasteiger partial charge in [0.05, 0.1) is 0 Å². The van der Waals surface area contributed by atoms with E-state index in [2.05, 4.69) is 27.7 Å². The van der Waals surface area contributed by atoms with Crippen LogP contribution in [0.2, 0.25) is 0 Å². The Labute approximate surface area is 89.3 Å². The highest BCUT2D eigenvalue weighted by Crippen LogP contribution is 2.19. The molecule has 0 fully saturated rings. The molecule has 14 heavy (non-hydrogen) atoms. The summed E-state index contributed by atoms with van der Waals surface area (Å²) >= 11 is 0. The van der Waals surface area contributed by atoms with E-state index in [1.54, 1.807) is 0 Å². The first-order valence-corrected chi connectivity index (χ1v) is 6.18. The highest BCUT2D eigenvalue weighted by molar-refractivity contribution is 5.80. The maximum Gasteiger partial charge on any atom is 0.135 e. The van der Waals surface area contributed by atoms with E-state index in [1.807, 2.05) is 0 Å². The van der Waals surface area contributed by atoms with Crippen LogP contribution in [0.15, 0.2) is 0 Å². The van der Waals surface area contributed by atoms with Gasteiger partial charge < -0.3 is 0 Å². The molecular formula is C13H26O. The normalized spacial score (nSPS) is 15.1. The second-order valence-corrected chi connectivity index (χ2v) is 4.40. The smallest absolute Gasteiger partial charge is 0.135 e. The number of hydrogen-bond acceptors (Lipinski definition) is 1. The van der Waals surface area contributed by atoms with Gasteiger partial charge in [-0.05, 0) is 12.3 Å². The summed E-state index contributed by atoms with van der Waals surface area (Å²) in [5, 5.41) is 0. The fraction of sp³-hybridized carbons (Fsp3) is 0.923. The Morgan fingerprint density at radius 3 is 2.21 bits per heavy atom. The minimum Gasteiger partial charge on any atom is -0.299 e. The van der Waals surface area contributed by atoms with Crippen molar-refractivity contribution >= 4 is 5.78 Å². The van der Waals surface area contributed by atoms with E-state index < -0.39 is 0 Å². The molecule has 0 saturated heterocycles. The molecule has 0 aliphatic carbocycles. The SMILES string of the molecule is CCCCC(CC)CC(=O)C(C)CC. The molecule has 0 aliphatic heterocycles. The van der Waals surface area contributed by atoms with Gasteiger partial charge in [0, 0.05) is 12.3 Å². The van der Waals surface area contributed by atoms with Gasteiger partial charge in [0.25, 0.3) is 0 Å². The molecule has 0 saturated carbocycles. The van der Waals surface area contributed by atoms with Gasteiger partial charge in [0.2, 0.25) is 0 Å². The summed E-state index contributed by atoms with van der Waals surface area (Å²) in [5.41, 5.74) is 0. The van der Waals surface area contributed by atoms with Crippen LogP contribution in [-0.2, 0) is 4.79 Å². The van der Waals surface area contributed by atoms with E-state index in [-0.39, 0.29) is 5.92 Å². The van der Waals surface area contributed by atoms with Crippen molar-refractivity contribution in [3.63, 3.8) is 0 Å². The average Bonchev–Trinajstić information content (AvgIpc) is 2.22. The van der Waals surface area contributed by atoms with E-state index >= 15 is 0 Å². The molecule has 0 aliphatic rings. The van der Waals surface area contributed by atoms with Crippen molar-refractivity contribution < 1.29 is 4.79 Å². The van der Waals surface area contributed by atoms with Crippen molar-refractivity contribution in [2.45, 2.75) is 66.2 Å². The first-order valence-electron chi connectivity index (χ1n) is 6.18. The van der Waals surface area contributed by atoms with Crippen molar-refractivity contribution in [3.05, 3.63) is 0 Å². The summed E-state index contributed by atoms with van der Waals surface area (Å²) in [6.45, 7) is 8.55. The van der Waals surface area contributed by atoms with E-state index in [1.165, 1.54) is 19.3 Å². The molecule has 0 heterocycles. The van der Waals surface area contributed by atoms with Crippen molar-refractivity contribution in [1.29, 1.82) is 0 Å². The van der Waals surface area contributed by atoms with Crippen LogP contribution in [0.5, 0.6) is 0 Å². The third kappa shape index (κ3) is 5.41. The standard InChI is InChI=1S/C13H26O/c1-5-8-9-12(7-3)10-13(14)11(4)6-2/h11-12H,5-10H2,1-4H3. The lowest BCUT2D eigenvalue weighted by atomic mass is 9.89. The summed E-state index contributed by atoms with van der Waals surface area (Å²) in [5.74, 6) is 1.37. The molecule has 0 bridgehead atoms. The Balaban J connectivity index is 3.85. The average molecular weight is 198 g/mol. The molecule has 0 aromatic rings. The number of hydrogen-bond donors (Lipinski definition) is 0. The topological polar surface area (TPSA) is 17.1 Å². The molecule has 0 radical (unpaired) electrons. The minimum absolute atomic E-state index is 0.269. The number of ketones is 1. The Bertz CT molecular complexity index is 151. The molecule has 84 valence electrons. The zero-order valence-electron chi connectivity index (χ0n) is 10.3. The Hall–Kier alpha value is -0.330. The number of carbonyl (C=O) groups is 1. The third-order valence-corrected chi connectivity index (χ3v) is 3.20. The van der Waals surface area contributed by atoms with Crippen LogP contribution in [0.4, 0.5) is 0 Å². The van der Waals surface area contributed by atoms with Crippen LogP contribution in [0.1, 0.15) is 66.2 Å². The molecule has 2 unspecified atom stereocenters.